The summed E-state index contributed by atoms with van der Waals surface area (Å²) in [6.45, 7) is -3.00. The molecule has 6 heteroatoms. The first-order valence-corrected chi connectivity index (χ1v) is 5.97. The summed E-state index contributed by atoms with van der Waals surface area (Å²) in [4.78, 5) is 12.0. The van der Waals surface area contributed by atoms with E-state index in [0.29, 0.717) is 0 Å². The summed E-state index contributed by atoms with van der Waals surface area (Å²) in [5, 5.41) is 0. The number of Topliss-reactive ketones (excluding diaryl/α,β-unsaturated/α-hetero) is 1. The second-order valence-electron chi connectivity index (χ2n) is 4.24. The monoisotopic (exact) mass is 298 g/mol. The molecule has 0 radical (unpaired) electrons. The molecule has 0 amide bonds. The van der Waals surface area contributed by atoms with Gasteiger partial charge in [-0.25, -0.2) is 8.78 Å². The number of hydrogen-bond acceptors (Lipinski definition) is 2. The van der Waals surface area contributed by atoms with E-state index < -0.39 is 24.0 Å². The molecule has 2 aromatic rings. The van der Waals surface area contributed by atoms with Crippen LogP contribution >= 0.6 is 0 Å². The van der Waals surface area contributed by atoms with Crippen molar-refractivity contribution in [2.75, 3.05) is 0 Å². The molecule has 0 spiro atoms. The number of ketones is 1. The van der Waals surface area contributed by atoms with E-state index in [1.807, 2.05) is 0 Å². The second-order valence-corrected chi connectivity index (χ2v) is 4.24. The molecule has 0 saturated carbocycles. The van der Waals surface area contributed by atoms with Crippen LogP contribution in [0, 0.1) is 11.6 Å². The molecule has 0 fully saturated rings. The highest BCUT2D eigenvalue weighted by molar-refractivity contribution is 5.97. The van der Waals surface area contributed by atoms with Gasteiger partial charge in [0.05, 0.1) is 0 Å². The Morgan fingerprint density at radius 1 is 1.10 bits per heavy atom. The maximum atomic E-state index is 13.5. The van der Waals surface area contributed by atoms with Crippen LogP contribution in [0.3, 0.4) is 0 Å². The lowest BCUT2D eigenvalue weighted by Crippen LogP contribution is -2.07. The van der Waals surface area contributed by atoms with E-state index in [9.17, 15) is 22.4 Å². The van der Waals surface area contributed by atoms with Crippen molar-refractivity contribution in [2.24, 2.45) is 0 Å². The smallest absolute Gasteiger partial charge is 0.387 e. The highest BCUT2D eigenvalue weighted by Crippen LogP contribution is 2.18. The minimum atomic E-state index is -3.00. The first-order valence-electron chi connectivity index (χ1n) is 5.97. The van der Waals surface area contributed by atoms with Crippen LogP contribution in [0.4, 0.5) is 17.6 Å². The summed E-state index contributed by atoms with van der Waals surface area (Å²) < 4.78 is 54.9. The summed E-state index contributed by atoms with van der Waals surface area (Å²) >= 11 is 0. The summed E-state index contributed by atoms with van der Waals surface area (Å²) in [6.07, 6.45) is -0.373. The van der Waals surface area contributed by atoms with Crippen molar-refractivity contribution in [3.8, 4) is 5.75 Å². The highest BCUT2D eigenvalue weighted by atomic mass is 19.3. The lowest BCUT2D eigenvalue weighted by atomic mass is 10.0. The van der Waals surface area contributed by atoms with Gasteiger partial charge in [-0.05, 0) is 35.9 Å². The Bertz CT molecular complexity index is 656. The third kappa shape index (κ3) is 4.05. The molecule has 0 atom stereocenters. The number of rotatable bonds is 5. The number of halogens is 4. The van der Waals surface area contributed by atoms with Crippen LogP contribution in [0.2, 0.25) is 0 Å². The van der Waals surface area contributed by atoms with Gasteiger partial charge in [0.15, 0.2) is 5.78 Å². The summed E-state index contributed by atoms with van der Waals surface area (Å²) in [7, 11) is 0. The SMILES string of the molecule is O=C(Cc1cc(F)ccc1F)c1cccc(OC(F)F)c1. The Hall–Kier alpha value is -2.37. The number of alkyl halides is 2. The number of carbonyl (C=O) groups excluding carboxylic acids is 1. The van der Waals surface area contributed by atoms with E-state index >= 15 is 0 Å². The van der Waals surface area contributed by atoms with Crippen molar-refractivity contribution in [3.05, 3.63) is 65.2 Å². The highest BCUT2D eigenvalue weighted by Gasteiger charge is 2.13. The molecule has 0 saturated heterocycles. The number of carbonyl (C=O) groups is 1. The van der Waals surface area contributed by atoms with E-state index in [4.69, 9.17) is 0 Å². The van der Waals surface area contributed by atoms with Gasteiger partial charge in [0.2, 0.25) is 0 Å². The largest absolute Gasteiger partial charge is 0.435 e. The van der Waals surface area contributed by atoms with Gasteiger partial charge in [-0.15, -0.1) is 0 Å². The van der Waals surface area contributed by atoms with Gasteiger partial charge in [-0.2, -0.15) is 8.78 Å². The Balaban J connectivity index is 2.18. The maximum absolute atomic E-state index is 13.5. The third-order valence-electron chi connectivity index (χ3n) is 2.74. The van der Waals surface area contributed by atoms with E-state index in [1.54, 1.807) is 0 Å². The van der Waals surface area contributed by atoms with E-state index in [-0.39, 0.29) is 23.3 Å². The molecule has 0 N–H and O–H groups in total. The van der Waals surface area contributed by atoms with Crippen LogP contribution in [-0.4, -0.2) is 12.4 Å². The lowest BCUT2D eigenvalue weighted by Gasteiger charge is -2.07. The van der Waals surface area contributed by atoms with E-state index in [2.05, 4.69) is 4.74 Å². The molecule has 0 unspecified atom stereocenters. The zero-order chi connectivity index (χ0) is 15.4. The molecular weight excluding hydrogens is 288 g/mol. The number of benzene rings is 2. The van der Waals surface area contributed by atoms with E-state index in [0.717, 1.165) is 24.3 Å². The van der Waals surface area contributed by atoms with Crippen molar-refractivity contribution in [2.45, 2.75) is 13.0 Å². The van der Waals surface area contributed by atoms with Crippen LogP contribution in [-0.2, 0) is 6.42 Å². The number of hydrogen-bond donors (Lipinski definition) is 0. The zero-order valence-corrected chi connectivity index (χ0v) is 10.7. The molecule has 2 aromatic carbocycles. The van der Waals surface area contributed by atoms with Gasteiger partial charge >= 0.3 is 6.61 Å². The van der Waals surface area contributed by atoms with Gasteiger partial charge in [0, 0.05) is 12.0 Å². The van der Waals surface area contributed by atoms with Gasteiger partial charge in [0.25, 0.3) is 0 Å². The third-order valence-corrected chi connectivity index (χ3v) is 2.74. The first-order chi connectivity index (χ1) is 9.95. The minimum absolute atomic E-state index is 0.0804. The molecule has 110 valence electrons. The Morgan fingerprint density at radius 2 is 1.86 bits per heavy atom. The van der Waals surface area contributed by atoms with Gasteiger partial charge in [-0.1, -0.05) is 12.1 Å². The second kappa shape index (κ2) is 6.39. The topological polar surface area (TPSA) is 26.3 Å². The van der Waals surface area contributed by atoms with Gasteiger partial charge in [0.1, 0.15) is 17.4 Å². The van der Waals surface area contributed by atoms with E-state index in [1.165, 1.54) is 18.2 Å². The van der Waals surface area contributed by atoms with Crippen LogP contribution in [0.15, 0.2) is 42.5 Å². The lowest BCUT2D eigenvalue weighted by molar-refractivity contribution is -0.0498. The van der Waals surface area contributed by atoms with Crippen molar-refractivity contribution < 1.29 is 27.1 Å². The Labute approximate surface area is 118 Å². The van der Waals surface area contributed by atoms with Gasteiger partial charge < -0.3 is 4.74 Å². The fourth-order valence-electron chi connectivity index (χ4n) is 1.80. The summed E-state index contributed by atoms with van der Waals surface area (Å²) in [5.41, 5.74) is -0.0167. The summed E-state index contributed by atoms with van der Waals surface area (Å²) in [5.74, 6) is -2.06. The molecule has 2 rings (SSSR count). The standard InChI is InChI=1S/C15H10F4O2/c16-11-4-5-13(17)10(6-11)8-14(20)9-2-1-3-12(7-9)21-15(18)19/h1-7,15H,8H2. The number of ether oxygens (including phenoxy) is 1. The van der Waals surface area contributed by atoms with Gasteiger partial charge in [-0.3, -0.25) is 4.79 Å². The van der Waals surface area contributed by atoms with Crippen molar-refractivity contribution in [3.63, 3.8) is 0 Å². The Kier molecular flexibility index (Phi) is 4.57. The first kappa shape index (κ1) is 15.0. The average Bonchev–Trinajstić information content (AvgIpc) is 2.42. The van der Waals surface area contributed by atoms with Crippen molar-refractivity contribution in [1.82, 2.24) is 0 Å². The molecule has 21 heavy (non-hydrogen) atoms. The molecule has 0 aromatic heterocycles. The fourth-order valence-corrected chi connectivity index (χ4v) is 1.80. The van der Waals surface area contributed by atoms with Crippen molar-refractivity contribution >= 4 is 5.78 Å². The molecule has 0 aliphatic rings. The van der Waals surface area contributed by atoms with Crippen LogP contribution in [0.5, 0.6) is 5.75 Å². The zero-order valence-electron chi connectivity index (χ0n) is 10.7. The van der Waals surface area contributed by atoms with Crippen LogP contribution in [0.1, 0.15) is 15.9 Å². The molecule has 0 heterocycles. The molecule has 0 aliphatic carbocycles. The molecule has 0 aliphatic heterocycles. The molecular formula is C15H10F4O2. The minimum Gasteiger partial charge on any atom is -0.435 e. The van der Waals surface area contributed by atoms with Crippen LogP contribution in [0.25, 0.3) is 0 Å². The summed E-state index contributed by atoms with van der Waals surface area (Å²) in [6, 6.07) is 7.95. The Morgan fingerprint density at radius 3 is 2.57 bits per heavy atom. The average molecular weight is 298 g/mol. The molecule has 0 bridgehead atoms. The predicted molar refractivity (Wildman–Crippen MR) is 67.5 cm³/mol. The molecule has 2 nitrogen and oxygen atoms in total. The van der Waals surface area contributed by atoms with Crippen molar-refractivity contribution in [1.29, 1.82) is 0 Å². The quantitative estimate of drug-likeness (QED) is 0.616. The fraction of sp³-hybridized carbons (Fsp3) is 0.133. The maximum Gasteiger partial charge on any atom is 0.387 e. The predicted octanol–water partition coefficient (Wildman–Crippen LogP) is 3.99. The van der Waals surface area contributed by atoms with Crippen LogP contribution < -0.4 is 4.74 Å². The normalized spacial score (nSPS) is 10.7.